The van der Waals surface area contributed by atoms with Gasteiger partial charge in [-0.05, 0) is 69.0 Å². The van der Waals surface area contributed by atoms with Crippen LogP contribution in [0.25, 0.3) is 21.9 Å². The van der Waals surface area contributed by atoms with Crippen molar-refractivity contribution < 1.29 is 13.9 Å². The summed E-state index contributed by atoms with van der Waals surface area (Å²) >= 11 is 12.4. The van der Waals surface area contributed by atoms with E-state index in [9.17, 15) is 4.39 Å². The second-order valence-electron chi connectivity index (χ2n) is 9.77. The molecule has 2 aliphatic rings. The summed E-state index contributed by atoms with van der Waals surface area (Å²) in [5.41, 5.74) is 8.98. The molecule has 0 unspecified atom stereocenters. The van der Waals surface area contributed by atoms with Crippen molar-refractivity contribution in [3.63, 3.8) is 0 Å². The summed E-state index contributed by atoms with van der Waals surface area (Å²) in [6, 6.07) is 6.68. The van der Waals surface area contributed by atoms with E-state index in [4.69, 9.17) is 38.4 Å². The van der Waals surface area contributed by atoms with Gasteiger partial charge in [-0.15, -0.1) is 0 Å². The molecule has 4 aromatic rings. The number of fused-ring (bicyclic) bond motifs is 3. The van der Waals surface area contributed by atoms with Crippen LogP contribution < -0.4 is 5.73 Å². The summed E-state index contributed by atoms with van der Waals surface area (Å²) in [5, 5.41) is 1.80. The molecule has 0 amide bonds. The number of halogens is 3. The minimum absolute atomic E-state index is 0.133. The molecule has 4 heterocycles. The topological polar surface area (TPSA) is 88.1 Å². The van der Waals surface area contributed by atoms with Crippen LogP contribution in [0.1, 0.15) is 37.7 Å². The molecule has 186 valence electrons. The summed E-state index contributed by atoms with van der Waals surface area (Å²) in [7, 11) is 0. The lowest BCUT2D eigenvalue weighted by atomic mass is 10.0. The number of ether oxygens (including phenoxy) is 2. The second-order valence-corrected chi connectivity index (χ2v) is 10.5. The number of rotatable bonds is 4. The van der Waals surface area contributed by atoms with Crippen molar-refractivity contribution in [3.8, 4) is 0 Å². The molecule has 1 saturated heterocycles. The van der Waals surface area contributed by atoms with E-state index in [-0.39, 0.29) is 34.9 Å². The lowest BCUT2D eigenvalue weighted by molar-refractivity contribution is -0.147. The number of benzene rings is 1. The summed E-state index contributed by atoms with van der Waals surface area (Å²) in [5.74, 6) is -0.319. The Morgan fingerprint density at radius 1 is 1.08 bits per heavy atom. The van der Waals surface area contributed by atoms with E-state index >= 15 is 0 Å². The minimum atomic E-state index is -0.728. The fourth-order valence-corrected chi connectivity index (χ4v) is 5.67. The molecule has 0 radical (unpaired) electrons. The van der Waals surface area contributed by atoms with E-state index < -0.39 is 5.79 Å². The first-order valence-corrected chi connectivity index (χ1v) is 12.5. The van der Waals surface area contributed by atoms with Gasteiger partial charge in [0.15, 0.2) is 5.79 Å². The van der Waals surface area contributed by atoms with Gasteiger partial charge in [0.2, 0.25) is 0 Å². The number of anilines is 1. The summed E-state index contributed by atoms with van der Waals surface area (Å²) in [4.78, 5) is 13.2. The fraction of sp³-hybridized carbons (Fsp3) is 0.346. The Labute approximate surface area is 217 Å². The Bertz CT molecular complexity index is 1570. The SMILES string of the molecule is Cc1nc(Cl)c2ccn([C@@H]3C=C(CCc4cc(F)c5cc(Cl)c(N)nc5c4)[C@H]4OC(C)(C)O[C@H]43)c2n1. The molecule has 0 bridgehead atoms. The quantitative estimate of drug-likeness (QED) is 0.260. The second kappa shape index (κ2) is 8.38. The highest BCUT2D eigenvalue weighted by molar-refractivity contribution is 6.34. The smallest absolute Gasteiger partial charge is 0.164 e. The molecule has 1 fully saturated rings. The Morgan fingerprint density at radius 2 is 1.89 bits per heavy atom. The van der Waals surface area contributed by atoms with Crippen LogP contribution in [-0.4, -0.2) is 37.5 Å². The Balaban J connectivity index is 1.34. The molecule has 0 saturated carbocycles. The number of aromatic nitrogens is 4. The zero-order valence-electron chi connectivity index (χ0n) is 19.9. The van der Waals surface area contributed by atoms with Crippen LogP contribution in [-0.2, 0) is 15.9 Å². The zero-order valence-corrected chi connectivity index (χ0v) is 21.4. The number of nitrogens with zero attached hydrogens (tertiary/aromatic N) is 4. The summed E-state index contributed by atoms with van der Waals surface area (Å²) < 4.78 is 29.5. The average molecular weight is 528 g/mol. The molecule has 0 spiro atoms. The van der Waals surface area contributed by atoms with E-state index in [0.717, 1.165) is 22.2 Å². The van der Waals surface area contributed by atoms with Gasteiger partial charge in [0.1, 0.15) is 40.5 Å². The van der Waals surface area contributed by atoms with Crippen molar-refractivity contribution in [2.75, 3.05) is 5.73 Å². The molecule has 36 heavy (non-hydrogen) atoms. The lowest BCUT2D eigenvalue weighted by Crippen LogP contribution is -2.28. The number of nitrogens with two attached hydrogens (primary N) is 1. The highest BCUT2D eigenvalue weighted by Gasteiger charge is 2.50. The third-order valence-corrected chi connectivity index (χ3v) is 7.39. The predicted molar refractivity (Wildman–Crippen MR) is 138 cm³/mol. The number of nitrogen functional groups attached to an aromatic ring is 1. The van der Waals surface area contributed by atoms with E-state index in [0.29, 0.717) is 34.7 Å². The molecule has 1 aliphatic carbocycles. The molecule has 2 N–H and O–H groups in total. The van der Waals surface area contributed by atoms with Gasteiger partial charge in [-0.3, -0.25) is 0 Å². The van der Waals surface area contributed by atoms with Gasteiger partial charge in [0, 0.05) is 11.6 Å². The van der Waals surface area contributed by atoms with E-state index in [1.807, 2.05) is 39.1 Å². The number of pyridine rings is 1. The number of aryl methyl sites for hydroxylation is 2. The van der Waals surface area contributed by atoms with E-state index in [1.54, 1.807) is 0 Å². The van der Waals surface area contributed by atoms with Crippen molar-refractivity contribution in [3.05, 3.63) is 69.5 Å². The lowest BCUT2D eigenvalue weighted by Gasteiger charge is -2.22. The Kier molecular flexibility index (Phi) is 5.50. The van der Waals surface area contributed by atoms with E-state index in [2.05, 4.69) is 25.6 Å². The molecular formula is C26H24Cl2FN5O2. The third-order valence-electron chi connectivity index (χ3n) is 6.80. The summed E-state index contributed by atoms with van der Waals surface area (Å²) in [6.45, 7) is 5.65. The van der Waals surface area contributed by atoms with Crippen LogP contribution in [0.2, 0.25) is 10.2 Å². The monoisotopic (exact) mass is 527 g/mol. The van der Waals surface area contributed by atoms with E-state index in [1.165, 1.54) is 12.1 Å². The molecule has 3 atom stereocenters. The first kappa shape index (κ1) is 23.6. The first-order chi connectivity index (χ1) is 17.1. The van der Waals surface area contributed by atoms with Gasteiger partial charge in [-0.25, -0.2) is 19.3 Å². The predicted octanol–water partition coefficient (Wildman–Crippen LogP) is 5.95. The van der Waals surface area contributed by atoms with Crippen LogP contribution in [0.15, 0.2) is 42.1 Å². The van der Waals surface area contributed by atoms with Gasteiger partial charge in [-0.2, -0.15) is 0 Å². The molecule has 7 nitrogen and oxygen atoms in total. The van der Waals surface area contributed by atoms with Crippen molar-refractivity contribution in [1.29, 1.82) is 0 Å². The Morgan fingerprint density at radius 3 is 2.69 bits per heavy atom. The fourth-order valence-electron chi connectivity index (χ4n) is 5.25. The van der Waals surface area contributed by atoms with Crippen LogP contribution in [0, 0.1) is 12.7 Å². The average Bonchev–Trinajstić information content (AvgIpc) is 3.44. The maximum atomic E-state index is 14.8. The van der Waals surface area contributed by atoms with Crippen LogP contribution in [0.5, 0.6) is 0 Å². The molecule has 10 heteroatoms. The van der Waals surface area contributed by atoms with Crippen molar-refractivity contribution in [2.45, 2.75) is 57.6 Å². The normalized spacial score (nSPS) is 22.9. The van der Waals surface area contributed by atoms with Crippen molar-refractivity contribution in [1.82, 2.24) is 19.5 Å². The molecular weight excluding hydrogens is 504 g/mol. The summed E-state index contributed by atoms with van der Waals surface area (Å²) in [6.07, 6.45) is 4.94. The maximum Gasteiger partial charge on any atom is 0.164 e. The van der Waals surface area contributed by atoms with Gasteiger partial charge in [0.25, 0.3) is 0 Å². The van der Waals surface area contributed by atoms with Gasteiger partial charge < -0.3 is 19.8 Å². The van der Waals surface area contributed by atoms with Gasteiger partial charge in [0.05, 0.1) is 22.0 Å². The minimum Gasteiger partial charge on any atom is -0.382 e. The largest absolute Gasteiger partial charge is 0.382 e. The molecule has 3 aromatic heterocycles. The first-order valence-electron chi connectivity index (χ1n) is 11.7. The van der Waals surface area contributed by atoms with Crippen LogP contribution in [0.3, 0.4) is 0 Å². The maximum absolute atomic E-state index is 14.8. The number of hydrogen-bond donors (Lipinski definition) is 1. The van der Waals surface area contributed by atoms with Crippen LogP contribution in [0.4, 0.5) is 10.2 Å². The molecule has 1 aromatic carbocycles. The zero-order chi connectivity index (χ0) is 25.4. The Hall–Kier alpha value is -2.78. The number of hydrogen-bond acceptors (Lipinski definition) is 6. The van der Waals surface area contributed by atoms with Crippen molar-refractivity contribution in [2.24, 2.45) is 0 Å². The van der Waals surface area contributed by atoms with Crippen molar-refractivity contribution >= 4 is 51.0 Å². The van der Waals surface area contributed by atoms with Gasteiger partial charge in [-0.1, -0.05) is 29.3 Å². The molecule has 6 rings (SSSR count). The van der Waals surface area contributed by atoms with Gasteiger partial charge >= 0.3 is 0 Å². The molecule has 1 aliphatic heterocycles. The third kappa shape index (κ3) is 3.93. The standard InChI is InChI=1S/C26H24Cl2FN5O2/c1-12-31-23(28)15-6-7-34(25(15)32-12)20-10-14(21-22(20)36-26(2,3)35-21)5-4-13-8-18(29)16-11-17(27)24(30)33-19(16)9-13/h6-11,20-22H,4-5H2,1-3H3,(H2,30,33)/t20-,21-,22+/m1/s1. The van der Waals surface area contributed by atoms with Crippen LogP contribution >= 0.6 is 23.2 Å². The highest BCUT2D eigenvalue weighted by atomic mass is 35.5. The highest BCUT2D eigenvalue weighted by Crippen LogP contribution is 2.45.